The molecule has 2 atom stereocenters. The topological polar surface area (TPSA) is 70.4 Å². The van der Waals surface area contributed by atoms with Crippen LogP contribution in [0.4, 0.5) is 10.5 Å². The van der Waals surface area contributed by atoms with Crippen molar-refractivity contribution in [3.05, 3.63) is 42.5 Å². The van der Waals surface area contributed by atoms with E-state index in [1.165, 1.54) is 0 Å². The number of nitrogens with zero attached hydrogens (tertiary/aromatic N) is 2. The third kappa shape index (κ3) is 3.54. The molecule has 6 heteroatoms. The first kappa shape index (κ1) is 19.0. The summed E-state index contributed by atoms with van der Waals surface area (Å²) in [5, 5.41) is 8.25. The number of fused-ring (bicyclic) bond motifs is 1. The molecule has 25 heavy (non-hydrogen) atoms. The van der Waals surface area contributed by atoms with Gasteiger partial charge in [0.15, 0.2) is 0 Å². The molecule has 2 amide bonds. The molecule has 0 unspecified atom stereocenters. The highest BCUT2D eigenvalue weighted by Crippen LogP contribution is 2.48. The van der Waals surface area contributed by atoms with Crippen molar-refractivity contribution in [3.63, 3.8) is 0 Å². The number of allylic oxidation sites excluding steroid dienone is 1. The second-order valence-corrected chi connectivity index (χ2v) is 7.54. The molecule has 0 saturated carbocycles. The maximum Gasteiger partial charge on any atom is 0.421 e. The summed E-state index contributed by atoms with van der Waals surface area (Å²) in [5.41, 5.74) is -0.716. The summed E-state index contributed by atoms with van der Waals surface area (Å²) in [6.07, 6.45) is 1.23. The number of amides is 2. The van der Waals surface area contributed by atoms with Crippen LogP contribution in [0.1, 0.15) is 39.2 Å². The van der Waals surface area contributed by atoms with Crippen LogP contribution in [-0.2, 0) is 14.9 Å². The summed E-state index contributed by atoms with van der Waals surface area (Å²) in [5.74, 6) is -0.441. The Kier molecular flexibility index (Phi) is 5.24. The van der Waals surface area contributed by atoms with Crippen molar-refractivity contribution in [1.29, 1.82) is 5.26 Å². The summed E-state index contributed by atoms with van der Waals surface area (Å²) >= 11 is 6.05. The van der Waals surface area contributed by atoms with Gasteiger partial charge in [-0.15, -0.1) is 18.2 Å². The number of rotatable bonds is 4. The van der Waals surface area contributed by atoms with E-state index in [2.05, 4.69) is 6.58 Å². The van der Waals surface area contributed by atoms with Crippen LogP contribution in [0.3, 0.4) is 0 Å². The molecule has 0 saturated heterocycles. The summed E-state index contributed by atoms with van der Waals surface area (Å²) in [7, 11) is 0. The lowest BCUT2D eigenvalue weighted by Crippen LogP contribution is -2.46. The van der Waals surface area contributed by atoms with Gasteiger partial charge in [-0.3, -0.25) is 4.79 Å². The normalized spacial score (nSPS) is 20.6. The van der Waals surface area contributed by atoms with E-state index in [9.17, 15) is 9.59 Å². The summed E-state index contributed by atoms with van der Waals surface area (Å²) < 4.78 is 5.39. The van der Waals surface area contributed by atoms with Crippen LogP contribution in [0.5, 0.6) is 0 Å². The maximum absolute atomic E-state index is 13.3. The van der Waals surface area contributed by atoms with E-state index in [0.717, 1.165) is 4.90 Å². The highest BCUT2D eigenvalue weighted by atomic mass is 35.5. The number of halogens is 1. The van der Waals surface area contributed by atoms with E-state index in [1.807, 2.05) is 6.07 Å². The van der Waals surface area contributed by atoms with Crippen molar-refractivity contribution in [3.8, 4) is 6.07 Å². The molecular weight excluding hydrogens is 340 g/mol. The summed E-state index contributed by atoms with van der Waals surface area (Å²) in [6, 6.07) is 8.96. The predicted molar refractivity (Wildman–Crippen MR) is 96.5 cm³/mol. The number of benzene rings is 1. The molecular formula is C19H21ClN2O3. The minimum absolute atomic E-state index is 0.0895. The van der Waals surface area contributed by atoms with Crippen molar-refractivity contribution in [1.82, 2.24) is 0 Å². The minimum atomic E-state index is -1.10. The number of para-hydroxylation sites is 1. The number of nitriles is 1. The number of imide groups is 1. The Morgan fingerprint density at radius 2 is 2.12 bits per heavy atom. The molecule has 1 aromatic carbocycles. The molecule has 1 aliphatic heterocycles. The van der Waals surface area contributed by atoms with Gasteiger partial charge in [-0.1, -0.05) is 24.3 Å². The molecule has 0 aromatic heterocycles. The number of carbonyl (C=O) groups is 2. The van der Waals surface area contributed by atoms with E-state index in [0.29, 0.717) is 11.3 Å². The second kappa shape index (κ2) is 6.89. The number of hydrogen-bond acceptors (Lipinski definition) is 4. The van der Waals surface area contributed by atoms with E-state index in [4.69, 9.17) is 21.6 Å². The van der Waals surface area contributed by atoms with Crippen molar-refractivity contribution in [2.24, 2.45) is 0 Å². The van der Waals surface area contributed by atoms with Gasteiger partial charge in [0.2, 0.25) is 5.91 Å². The molecule has 0 bridgehead atoms. The zero-order chi connectivity index (χ0) is 18.8. The average molecular weight is 361 g/mol. The molecule has 0 spiro atoms. The van der Waals surface area contributed by atoms with Crippen LogP contribution < -0.4 is 4.90 Å². The Balaban J connectivity index is 2.57. The largest absolute Gasteiger partial charge is 0.443 e. The third-order valence-corrected chi connectivity index (χ3v) is 4.26. The standard InChI is InChI=1S/C19H21ClN2O3/c1-5-10-19(11-13(20)12-21)14-8-6-7-9-15(14)22(16(19)23)17(24)25-18(2,3)4/h5-9,13H,1,10-11H2,2-4H3/t13-,19-/m0/s1. The molecule has 0 aliphatic carbocycles. The fourth-order valence-corrected chi connectivity index (χ4v) is 3.34. The molecule has 5 nitrogen and oxygen atoms in total. The van der Waals surface area contributed by atoms with Crippen molar-refractivity contribution in [2.75, 3.05) is 4.90 Å². The zero-order valence-corrected chi connectivity index (χ0v) is 15.3. The lowest BCUT2D eigenvalue weighted by molar-refractivity contribution is -0.123. The van der Waals surface area contributed by atoms with Gasteiger partial charge in [-0.25, -0.2) is 9.69 Å². The van der Waals surface area contributed by atoms with Crippen LogP contribution in [0, 0.1) is 11.3 Å². The molecule has 0 N–H and O–H groups in total. The van der Waals surface area contributed by atoms with Crippen LogP contribution in [-0.4, -0.2) is 23.0 Å². The number of alkyl halides is 1. The summed E-state index contributed by atoms with van der Waals surface area (Å²) in [4.78, 5) is 26.9. The molecule has 1 aromatic rings. The van der Waals surface area contributed by atoms with E-state index >= 15 is 0 Å². The molecule has 2 rings (SSSR count). The fraction of sp³-hybridized carbons (Fsp3) is 0.421. The summed E-state index contributed by atoms with van der Waals surface area (Å²) in [6.45, 7) is 8.93. The van der Waals surface area contributed by atoms with Crippen molar-refractivity contribution in [2.45, 2.75) is 50.0 Å². The van der Waals surface area contributed by atoms with Crippen LogP contribution in [0.15, 0.2) is 36.9 Å². The van der Waals surface area contributed by atoms with Crippen LogP contribution in [0.2, 0.25) is 0 Å². The Morgan fingerprint density at radius 1 is 1.48 bits per heavy atom. The molecule has 0 fully saturated rings. The van der Waals surface area contributed by atoms with Gasteiger partial charge in [0.1, 0.15) is 11.0 Å². The number of carbonyl (C=O) groups excluding carboxylic acids is 2. The SMILES string of the molecule is C=CC[C@@]1(C[C@H](Cl)C#N)C(=O)N(C(=O)OC(C)(C)C)c2ccccc21. The second-order valence-electron chi connectivity index (χ2n) is 7.01. The maximum atomic E-state index is 13.3. The van der Waals surface area contributed by atoms with Crippen molar-refractivity contribution >= 4 is 29.3 Å². The van der Waals surface area contributed by atoms with E-state index < -0.39 is 28.4 Å². The van der Waals surface area contributed by atoms with Gasteiger partial charge in [-0.2, -0.15) is 5.26 Å². The molecule has 132 valence electrons. The lowest BCUT2D eigenvalue weighted by Gasteiger charge is -2.28. The predicted octanol–water partition coefficient (Wildman–Crippen LogP) is 4.30. The number of ether oxygens (including phenoxy) is 1. The van der Waals surface area contributed by atoms with Gasteiger partial charge < -0.3 is 4.74 Å². The lowest BCUT2D eigenvalue weighted by atomic mass is 9.75. The number of hydrogen-bond donors (Lipinski definition) is 0. The van der Waals surface area contributed by atoms with Crippen LogP contribution in [0.25, 0.3) is 0 Å². The van der Waals surface area contributed by atoms with E-state index in [1.54, 1.807) is 51.1 Å². The zero-order valence-electron chi connectivity index (χ0n) is 14.6. The van der Waals surface area contributed by atoms with Gasteiger partial charge >= 0.3 is 6.09 Å². The van der Waals surface area contributed by atoms with Crippen molar-refractivity contribution < 1.29 is 14.3 Å². The Labute approximate surface area is 152 Å². The first-order valence-electron chi connectivity index (χ1n) is 7.98. The third-order valence-electron chi connectivity index (χ3n) is 4.01. The van der Waals surface area contributed by atoms with Gasteiger partial charge in [0, 0.05) is 0 Å². The van der Waals surface area contributed by atoms with E-state index in [-0.39, 0.29) is 12.8 Å². The average Bonchev–Trinajstić information content (AvgIpc) is 2.75. The van der Waals surface area contributed by atoms with Crippen LogP contribution >= 0.6 is 11.6 Å². The fourth-order valence-electron chi connectivity index (χ4n) is 3.08. The quantitative estimate of drug-likeness (QED) is 0.592. The molecule has 1 heterocycles. The Hall–Kier alpha value is -2.32. The molecule has 1 aliphatic rings. The van der Waals surface area contributed by atoms with Gasteiger partial charge in [0.05, 0.1) is 17.2 Å². The first-order valence-corrected chi connectivity index (χ1v) is 8.41. The van der Waals surface area contributed by atoms with Gasteiger partial charge in [0.25, 0.3) is 0 Å². The Morgan fingerprint density at radius 3 is 2.68 bits per heavy atom. The van der Waals surface area contributed by atoms with Gasteiger partial charge in [-0.05, 0) is 45.2 Å². The number of anilines is 1. The molecule has 0 radical (unpaired) electrons. The Bertz CT molecular complexity index is 748. The highest BCUT2D eigenvalue weighted by Gasteiger charge is 2.53. The highest BCUT2D eigenvalue weighted by molar-refractivity contribution is 6.24. The smallest absolute Gasteiger partial charge is 0.421 e. The monoisotopic (exact) mass is 360 g/mol. The first-order chi connectivity index (χ1) is 11.7. The minimum Gasteiger partial charge on any atom is -0.443 e.